The number of benzene rings is 1. The molecule has 0 saturated heterocycles. The number of nitrogens with zero attached hydrogens (tertiary/aromatic N) is 1. The zero-order valence-electron chi connectivity index (χ0n) is 12.2. The van der Waals surface area contributed by atoms with Crippen LogP contribution in [0.1, 0.15) is 28.4 Å². The molecule has 1 aromatic carbocycles. The van der Waals surface area contributed by atoms with Crippen molar-refractivity contribution in [3.8, 4) is 11.5 Å². The van der Waals surface area contributed by atoms with Gasteiger partial charge in [0.25, 0.3) is 0 Å². The molecule has 0 amide bonds. The van der Waals surface area contributed by atoms with E-state index in [2.05, 4.69) is 4.98 Å². The normalized spacial score (nSPS) is 12.1. The minimum atomic E-state index is -0.816. The molecule has 2 aromatic rings. The second kappa shape index (κ2) is 5.92. The van der Waals surface area contributed by atoms with Crippen LogP contribution >= 0.6 is 0 Å². The molecule has 2 rings (SSSR count). The molecule has 4 nitrogen and oxygen atoms in total. The van der Waals surface area contributed by atoms with Gasteiger partial charge in [-0.05, 0) is 37.1 Å². The summed E-state index contributed by atoms with van der Waals surface area (Å²) in [5.41, 5.74) is 3.50. The fraction of sp³-hybridized carbons (Fsp3) is 0.312. The minimum Gasteiger partial charge on any atom is -0.496 e. The van der Waals surface area contributed by atoms with Gasteiger partial charge in [0.1, 0.15) is 17.6 Å². The average Bonchev–Trinajstić information content (AvgIpc) is 2.45. The number of aliphatic hydroxyl groups excluding tert-OH is 1. The van der Waals surface area contributed by atoms with Crippen LogP contribution in [0.2, 0.25) is 0 Å². The highest BCUT2D eigenvalue weighted by Gasteiger charge is 2.21. The van der Waals surface area contributed by atoms with Crippen molar-refractivity contribution in [1.29, 1.82) is 0 Å². The van der Waals surface area contributed by atoms with Gasteiger partial charge in [0.15, 0.2) is 0 Å². The third-order valence-electron chi connectivity index (χ3n) is 3.32. The summed E-state index contributed by atoms with van der Waals surface area (Å²) in [6, 6.07) is 5.69. The molecule has 1 atom stereocenters. The summed E-state index contributed by atoms with van der Waals surface area (Å²) in [6.07, 6.45) is 2.41. The van der Waals surface area contributed by atoms with Crippen LogP contribution in [0.3, 0.4) is 0 Å². The van der Waals surface area contributed by atoms with Crippen LogP contribution in [0.5, 0.6) is 11.5 Å². The molecular weight excluding hydrogens is 254 g/mol. The Balaban J connectivity index is 2.56. The van der Waals surface area contributed by atoms with Gasteiger partial charge in [-0.2, -0.15) is 0 Å². The van der Waals surface area contributed by atoms with Crippen LogP contribution < -0.4 is 9.47 Å². The van der Waals surface area contributed by atoms with E-state index < -0.39 is 6.10 Å². The third kappa shape index (κ3) is 2.60. The fourth-order valence-corrected chi connectivity index (χ4v) is 2.40. The predicted molar refractivity (Wildman–Crippen MR) is 77.3 cm³/mol. The van der Waals surface area contributed by atoms with Crippen molar-refractivity contribution in [3.05, 3.63) is 52.8 Å². The van der Waals surface area contributed by atoms with E-state index in [1.54, 1.807) is 32.7 Å². The summed E-state index contributed by atoms with van der Waals surface area (Å²) in [4.78, 5) is 4.00. The Bertz CT molecular complexity index is 611. The smallest absolute Gasteiger partial charge is 0.143 e. The lowest BCUT2D eigenvalue weighted by Gasteiger charge is -2.20. The topological polar surface area (TPSA) is 51.6 Å². The zero-order chi connectivity index (χ0) is 14.7. The Morgan fingerprint density at radius 2 is 1.80 bits per heavy atom. The first kappa shape index (κ1) is 14.3. The van der Waals surface area contributed by atoms with E-state index >= 15 is 0 Å². The van der Waals surface area contributed by atoms with Gasteiger partial charge < -0.3 is 14.6 Å². The van der Waals surface area contributed by atoms with Gasteiger partial charge >= 0.3 is 0 Å². The number of aromatic nitrogens is 1. The quantitative estimate of drug-likeness (QED) is 0.930. The molecule has 0 saturated carbocycles. The number of hydrogen-bond acceptors (Lipinski definition) is 4. The summed E-state index contributed by atoms with van der Waals surface area (Å²) < 4.78 is 10.7. The Labute approximate surface area is 119 Å². The molecule has 0 aliphatic heterocycles. The van der Waals surface area contributed by atoms with Crippen molar-refractivity contribution < 1.29 is 14.6 Å². The lowest BCUT2D eigenvalue weighted by Crippen LogP contribution is -2.07. The van der Waals surface area contributed by atoms with E-state index in [-0.39, 0.29) is 0 Å². The number of aliphatic hydroxyl groups is 1. The van der Waals surface area contributed by atoms with Crippen molar-refractivity contribution in [2.75, 3.05) is 14.2 Å². The molecule has 0 spiro atoms. The van der Waals surface area contributed by atoms with E-state index in [9.17, 15) is 5.11 Å². The molecule has 0 aliphatic carbocycles. The van der Waals surface area contributed by atoms with Crippen LogP contribution in [0.15, 0.2) is 30.6 Å². The Hall–Kier alpha value is -2.07. The molecule has 4 heteroatoms. The van der Waals surface area contributed by atoms with Crippen LogP contribution in [-0.2, 0) is 0 Å². The second-order valence-corrected chi connectivity index (χ2v) is 4.72. The molecule has 20 heavy (non-hydrogen) atoms. The number of pyridine rings is 1. The van der Waals surface area contributed by atoms with Gasteiger partial charge in [-0.3, -0.25) is 4.98 Å². The second-order valence-electron chi connectivity index (χ2n) is 4.72. The number of rotatable bonds is 4. The maximum atomic E-state index is 10.7. The van der Waals surface area contributed by atoms with Gasteiger partial charge in [0.2, 0.25) is 0 Å². The van der Waals surface area contributed by atoms with Crippen molar-refractivity contribution in [2.24, 2.45) is 0 Å². The number of methoxy groups -OCH3 is 2. The summed E-state index contributed by atoms with van der Waals surface area (Å²) in [7, 11) is 3.17. The van der Waals surface area contributed by atoms with Crippen molar-refractivity contribution >= 4 is 0 Å². The van der Waals surface area contributed by atoms with E-state index in [1.807, 2.05) is 26.0 Å². The molecule has 0 aliphatic rings. The maximum absolute atomic E-state index is 10.7. The summed E-state index contributed by atoms with van der Waals surface area (Å²) in [6.45, 7) is 3.96. The molecule has 1 heterocycles. The van der Waals surface area contributed by atoms with Gasteiger partial charge in [-0.15, -0.1) is 0 Å². The van der Waals surface area contributed by atoms with Gasteiger partial charge in [0, 0.05) is 17.3 Å². The minimum absolute atomic E-state index is 0.557. The highest BCUT2D eigenvalue weighted by atomic mass is 16.5. The van der Waals surface area contributed by atoms with E-state index in [0.717, 1.165) is 16.7 Å². The first-order chi connectivity index (χ1) is 9.58. The lowest BCUT2D eigenvalue weighted by atomic mass is 9.95. The largest absolute Gasteiger partial charge is 0.496 e. The summed E-state index contributed by atoms with van der Waals surface area (Å²) in [5.74, 6) is 1.23. The van der Waals surface area contributed by atoms with Crippen LogP contribution in [-0.4, -0.2) is 24.3 Å². The average molecular weight is 273 g/mol. The molecular formula is C16H19NO3. The van der Waals surface area contributed by atoms with Crippen molar-refractivity contribution in [1.82, 2.24) is 4.98 Å². The summed E-state index contributed by atoms with van der Waals surface area (Å²) in [5, 5.41) is 10.7. The molecule has 0 bridgehead atoms. The van der Waals surface area contributed by atoms with Gasteiger partial charge in [0.05, 0.1) is 20.4 Å². The molecule has 0 radical (unpaired) electrons. The highest BCUT2D eigenvalue weighted by molar-refractivity contribution is 5.49. The molecule has 1 unspecified atom stereocenters. The first-order valence-electron chi connectivity index (χ1n) is 6.39. The number of hydrogen-bond donors (Lipinski definition) is 1. The van der Waals surface area contributed by atoms with Crippen molar-refractivity contribution in [2.45, 2.75) is 20.0 Å². The molecule has 0 fully saturated rings. The standard InChI is InChI=1S/C16H19NO3/c1-10-7-11(2)15(13(8-10)19-3)16(18)12-5-6-17-9-14(12)20-4/h5-9,16,18H,1-4H3. The zero-order valence-corrected chi connectivity index (χ0v) is 12.2. The number of ether oxygens (including phenoxy) is 2. The van der Waals surface area contributed by atoms with Crippen LogP contribution in [0.25, 0.3) is 0 Å². The predicted octanol–water partition coefficient (Wildman–Crippen LogP) is 2.80. The van der Waals surface area contributed by atoms with Gasteiger partial charge in [-0.25, -0.2) is 0 Å². The summed E-state index contributed by atoms with van der Waals surface area (Å²) >= 11 is 0. The van der Waals surface area contributed by atoms with E-state index in [4.69, 9.17) is 9.47 Å². The van der Waals surface area contributed by atoms with Crippen LogP contribution in [0.4, 0.5) is 0 Å². The maximum Gasteiger partial charge on any atom is 0.143 e. The monoisotopic (exact) mass is 273 g/mol. The molecule has 106 valence electrons. The van der Waals surface area contributed by atoms with Crippen LogP contribution in [0, 0.1) is 13.8 Å². The SMILES string of the molecule is COc1cnccc1C(O)c1c(C)cc(C)cc1OC. The lowest BCUT2D eigenvalue weighted by molar-refractivity contribution is 0.208. The number of aryl methyl sites for hydroxylation is 2. The molecule has 1 aromatic heterocycles. The fourth-order valence-electron chi connectivity index (χ4n) is 2.40. The Morgan fingerprint density at radius 1 is 1.10 bits per heavy atom. The Kier molecular flexibility index (Phi) is 4.25. The molecule has 1 N–H and O–H groups in total. The van der Waals surface area contributed by atoms with E-state index in [1.165, 1.54) is 0 Å². The van der Waals surface area contributed by atoms with E-state index in [0.29, 0.717) is 17.1 Å². The highest BCUT2D eigenvalue weighted by Crippen LogP contribution is 2.36. The Morgan fingerprint density at radius 3 is 2.45 bits per heavy atom. The first-order valence-corrected chi connectivity index (χ1v) is 6.39. The van der Waals surface area contributed by atoms with Crippen molar-refractivity contribution in [3.63, 3.8) is 0 Å². The third-order valence-corrected chi connectivity index (χ3v) is 3.32. The van der Waals surface area contributed by atoms with Gasteiger partial charge in [-0.1, -0.05) is 6.07 Å².